The molecule has 0 spiro atoms. The number of para-hydroxylation sites is 2. The lowest BCUT2D eigenvalue weighted by Gasteiger charge is -2.09. The van der Waals surface area contributed by atoms with E-state index in [1.54, 1.807) is 12.1 Å². The zero-order valence-electron chi connectivity index (χ0n) is 11.5. The Morgan fingerprint density at radius 3 is 2.38 bits per heavy atom. The van der Waals surface area contributed by atoms with Crippen LogP contribution in [0.15, 0.2) is 72.8 Å². The van der Waals surface area contributed by atoms with Crippen LogP contribution in [0.1, 0.15) is 5.69 Å². The molecule has 0 amide bonds. The van der Waals surface area contributed by atoms with Gasteiger partial charge in [0.2, 0.25) is 0 Å². The van der Waals surface area contributed by atoms with Crippen LogP contribution in [-0.2, 0) is 6.54 Å². The third-order valence-corrected chi connectivity index (χ3v) is 3.24. The topological polar surface area (TPSA) is 45.1 Å². The Morgan fingerprint density at radius 2 is 1.57 bits per heavy atom. The quantitative estimate of drug-likeness (QED) is 0.706. The molecule has 2 aromatic carbocycles. The van der Waals surface area contributed by atoms with Crippen LogP contribution in [0.3, 0.4) is 0 Å². The van der Waals surface area contributed by atoms with Gasteiger partial charge < -0.3 is 10.4 Å². The van der Waals surface area contributed by atoms with Crippen molar-refractivity contribution in [1.82, 2.24) is 4.98 Å². The van der Waals surface area contributed by atoms with E-state index in [-0.39, 0.29) is 5.75 Å². The Balaban J connectivity index is 1.77. The number of aromatic hydroxyl groups is 1. The van der Waals surface area contributed by atoms with Crippen LogP contribution in [0, 0.1) is 0 Å². The van der Waals surface area contributed by atoms with E-state index < -0.39 is 0 Å². The minimum atomic E-state index is 0.247. The molecule has 3 heteroatoms. The second-order valence-electron chi connectivity index (χ2n) is 4.75. The molecule has 1 aromatic heterocycles. The lowest BCUT2D eigenvalue weighted by Crippen LogP contribution is -2.02. The van der Waals surface area contributed by atoms with E-state index in [1.165, 1.54) is 0 Å². The van der Waals surface area contributed by atoms with Gasteiger partial charge in [0.1, 0.15) is 5.75 Å². The maximum absolute atomic E-state index is 9.74. The maximum atomic E-state index is 9.74. The van der Waals surface area contributed by atoms with Gasteiger partial charge in [0, 0.05) is 5.56 Å². The monoisotopic (exact) mass is 276 g/mol. The van der Waals surface area contributed by atoms with E-state index in [9.17, 15) is 5.11 Å². The second kappa shape index (κ2) is 6.09. The first-order valence-electron chi connectivity index (χ1n) is 6.86. The fourth-order valence-corrected chi connectivity index (χ4v) is 2.16. The average molecular weight is 276 g/mol. The van der Waals surface area contributed by atoms with Crippen molar-refractivity contribution >= 4 is 5.69 Å². The molecule has 0 atom stereocenters. The highest BCUT2D eigenvalue weighted by Crippen LogP contribution is 2.22. The molecule has 0 bridgehead atoms. The SMILES string of the molecule is Oc1ccccc1NCc1cccc(-c2ccccc2)n1. The third-order valence-electron chi connectivity index (χ3n) is 3.24. The first-order chi connectivity index (χ1) is 10.3. The molecule has 104 valence electrons. The van der Waals surface area contributed by atoms with Crippen LogP contribution in [0.25, 0.3) is 11.3 Å². The summed E-state index contributed by atoms with van der Waals surface area (Å²) in [5.74, 6) is 0.247. The molecule has 3 nitrogen and oxygen atoms in total. The van der Waals surface area contributed by atoms with Gasteiger partial charge in [-0.25, -0.2) is 0 Å². The molecule has 0 saturated carbocycles. The minimum absolute atomic E-state index is 0.247. The smallest absolute Gasteiger partial charge is 0.138 e. The van der Waals surface area contributed by atoms with E-state index in [0.717, 1.165) is 17.0 Å². The summed E-state index contributed by atoms with van der Waals surface area (Å²) in [6, 6.07) is 23.2. The van der Waals surface area contributed by atoms with Crippen LogP contribution < -0.4 is 5.32 Å². The third kappa shape index (κ3) is 3.20. The molecule has 1 heterocycles. The van der Waals surface area contributed by atoms with Crippen molar-refractivity contribution in [3.63, 3.8) is 0 Å². The van der Waals surface area contributed by atoms with Crippen molar-refractivity contribution in [2.24, 2.45) is 0 Å². The van der Waals surface area contributed by atoms with Crippen molar-refractivity contribution in [3.05, 3.63) is 78.5 Å². The summed E-state index contributed by atoms with van der Waals surface area (Å²) in [6.45, 7) is 0.568. The van der Waals surface area contributed by atoms with Crippen molar-refractivity contribution < 1.29 is 5.11 Å². The van der Waals surface area contributed by atoms with Crippen molar-refractivity contribution in [2.45, 2.75) is 6.54 Å². The molecule has 0 radical (unpaired) electrons. The van der Waals surface area contributed by atoms with Crippen molar-refractivity contribution in [1.29, 1.82) is 0 Å². The van der Waals surface area contributed by atoms with E-state index >= 15 is 0 Å². The summed E-state index contributed by atoms with van der Waals surface area (Å²) in [5, 5.41) is 12.9. The molecular formula is C18H16N2O. The normalized spacial score (nSPS) is 10.3. The van der Waals surface area contributed by atoms with Crippen LogP contribution in [0.5, 0.6) is 5.75 Å². The highest BCUT2D eigenvalue weighted by atomic mass is 16.3. The molecule has 0 unspecified atom stereocenters. The van der Waals surface area contributed by atoms with Gasteiger partial charge in [-0.15, -0.1) is 0 Å². The van der Waals surface area contributed by atoms with Crippen molar-refractivity contribution in [2.75, 3.05) is 5.32 Å². The number of benzene rings is 2. The predicted octanol–water partition coefficient (Wildman–Crippen LogP) is 4.07. The van der Waals surface area contributed by atoms with Crippen LogP contribution >= 0.6 is 0 Å². The van der Waals surface area contributed by atoms with E-state index in [1.807, 2.05) is 60.7 Å². The molecule has 3 aromatic rings. The first-order valence-corrected chi connectivity index (χ1v) is 6.86. The van der Waals surface area contributed by atoms with E-state index in [4.69, 9.17) is 0 Å². The Bertz CT molecular complexity index is 726. The zero-order valence-corrected chi connectivity index (χ0v) is 11.5. The average Bonchev–Trinajstić information content (AvgIpc) is 2.55. The summed E-state index contributed by atoms with van der Waals surface area (Å²) in [5.41, 5.74) is 3.69. The van der Waals surface area contributed by atoms with Gasteiger partial charge in [-0.05, 0) is 24.3 Å². The van der Waals surface area contributed by atoms with Gasteiger partial charge in [0.25, 0.3) is 0 Å². The number of pyridine rings is 1. The molecule has 2 N–H and O–H groups in total. The van der Waals surface area contributed by atoms with Gasteiger partial charge >= 0.3 is 0 Å². The predicted molar refractivity (Wildman–Crippen MR) is 85.1 cm³/mol. The molecule has 0 aliphatic heterocycles. The van der Waals surface area contributed by atoms with Gasteiger partial charge in [0.15, 0.2) is 0 Å². The number of nitrogens with one attached hydrogen (secondary N) is 1. The summed E-state index contributed by atoms with van der Waals surface area (Å²) in [7, 11) is 0. The lowest BCUT2D eigenvalue weighted by atomic mass is 10.1. The Kier molecular flexibility index (Phi) is 3.83. The van der Waals surface area contributed by atoms with E-state index in [2.05, 4.69) is 10.3 Å². The van der Waals surface area contributed by atoms with Crippen LogP contribution in [-0.4, -0.2) is 10.1 Å². The van der Waals surface area contributed by atoms with Crippen molar-refractivity contribution in [3.8, 4) is 17.0 Å². The summed E-state index contributed by atoms with van der Waals surface area (Å²) in [6.07, 6.45) is 0. The highest BCUT2D eigenvalue weighted by Gasteiger charge is 2.02. The fourth-order valence-electron chi connectivity index (χ4n) is 2.16. The van der Waals surface area contributed by atoms with Crippen LogP contribution in [0.2, 0.25) is 0 Å². The molecular weight excluding hydrogens is 260 g/mol. The maximum Gasteiger partial charge on any atom is 0.138 e. The van der Waals surface area contributed by atoms with E-state index in [0.29, 0.717) is 12.2 Å². The number of hydrogen-bond donors (Lipinski definition) is 2. The highest BCUT2D eigenvalue weighted by molar-refractivity contribution is 5.59. The first kappa shape index (κ1) is 13.2. The number of anilines is 1. The number of phenols is 1. The lowest BCUT2D eigenvalue weighted by molar-refractivity contribution is 0.477. The molecule has 0 fully saturated rings. The number of hydrogen-bond acceptors (Lipinski definition) is 3. The number of rotatable bonds is 4. The standard InChI is InChI=1S/C18H16N2O/c21-18-12-5-4-10-17(18)19-13-15-9-6-11-16(20-15)14-7-2-1-3-8-14/h1-12,19,21H,13H2. The summed E-state index contributed by atoms with van der Waals surface area (Å²) in [4.78, 5) is 4.64. The zero-order chi connectivity index (χ0) is 14.5. The van der Waals surface area contributed by atoms with Gasteiger partial charge in [0.05, 0.1) is 23.6 Å². The molecule has 21 heavy (non-hydrogen) atoms. The second-order valence-corrected chi connectivity index (χ2v) is 4.75. The van der Waals surface area contributed by atoms with Crippen LogP contribution in [0.4, 0.5) is 5.69 Å². The largest absolute Gasteiger partial charge is 0.506 e. The summed E-state index contributed by atoms with van der Waals surface area (Å²) >= 11 is 0. The van der Waals surface area contributed by atoms with Gasteiger partial charge in [-0.3, -0.25) is 4.98 Å². The molecule has 0 saturated heterocycles. The van der Waals surface area contributed by atoms with Gasteiger partial charge in [-0.1, -0.05) is 48.5 Å². The number of aromatic nitrogens is 1. The fraction of sp³-hybridized carbons (Fsp3) is 0.0556. The minimum Gasteiger partial charge on any atom is -0.506 e. The molecule has 0 aliphatic carbocycles. The molecule has 0 aliphatic rings. The summed E-state index contributed by atoms with van der Waals surface area (Å²) < 4.78 is 0. The number of phenolic OH excluding ortho intramolecular Hbond substituents is 1. The Labute approximate surface area is 123 Å². The molecule has 3 rings (SSSR count). The van der Waals surface area contributed by atoms with Gasteiger partial charge in [-0.2, -0.15) is 0 Å². The Hall–Kier alpha value is -2.81. The Morgan fingerprint density at radius 1 is 0.810 bits per heavy atom. The number of nitrogens with zero attached hydrogens (tertiary/aromatic N) is 1.